The second kappa shape index (κ2) is 7.00. The van der Waals surface area contributed by atoms with Gasteiger partial charge in [-0.05, 0) is 54.4 Å². The fraction of sp³-hybridized carbons (Fsp3) is 0.667. The van der Waals surface area contributed by atoms with Crippen molar-refractivity contribution in [1.29, 1.82) is 0 Å². The van der Waals surface area contributed by atoms with E-state index in [0.29, 0.717) is 17.4 Å². The Hall–Kier alpha value is -0.470. The molecule has 3 atom stereocenters. The average molecular weight is 292 g/mol. The van der Waals surface area contributed by atoms with Gasteiger partial charge >= 0.3 is 0 Å². The van der Waals surface area contributed by atoms with Gasteiger partial charge in [0, 0.05) is 10.9 Å². The number of hydrogen-bond acceptors (Lipinski definition) is 2. The fourth-order valence-corrected chi connectivity index (χ4v) is 4.74. The summed E-state index contributed by atoms with van der Waals surface area (Å²) < 4.78 is 0. The molecule has 2 rings (SSSR count). The molecule has 0 bridgehead atoms. The van der Waals surface area contributed by atoms with E-state index < -0.39 is 0 Å². The lowest BCUT2D eigenvalue weighted by molar-refractivity contribution is 0.110. The highest BCUT2D eigenvalue weighted by Crippen LogP contribution is 2.42. The third-order valence-electron chi connectivity index (χ3n) is 4.92. The summed E-state index contributed by atoms with van der Waals surface area (Å²) in [4.78, 5) is 1.38. The van der Waals surface area contributed by atoms with Crippen LogP contribution in [0.2, 0.25) is 0 Å². The van der Waals surface area contributed by atoms with Gasteiger partial charge in [-0.1, -0.05) is 45.4 Å². The van der Waals surface area contributed by atoms with Crippen LogP contribution in [-0.4, -0.2) is 11.8 Å². The molecule has 112 valence electrons. The van der Waals surface area contributed by atoms with Gasteiger partial charge in [-0.25, -0.2) is 0 Å². The number of nitrogens with two attached hydrogens (primary N) is 1. The Labute approximate surface area is 128 Å². The molecule has 1 aliphatic carbocycles. The molecular weight excluding hydrogens is 262 g/mol. The Morgan fingerprint density at radius 3 is 2.55 bits per heavy atom. The second-order valence-corrected chi connectivity index (χ2v) is 8.26. The van der Waals surface area contributed by atoms with E-state index in [0.717, 1.165) is 5.92 Å². The molecule has 0 saturated heterocycles. The predicted molar refractivity (Wildman–Crippen MR) is 90.0 cm³/mol. The summed E-state index contributed by atoms with van der Waals surface area (Å²) in [5.74, 6) is 2.70. The second-order valence-electron chi connectivity index (χ2n) is 7.09. The van der Waals surface area contributed by atoms with Gasteiger partial charge in [0.2, 0.25) is 0 Å². The van der Waals surface area contributed by atoms with E-state index in [9.17, 15) is 0 Å². The molecule has 1 aliphatic rings. The lowest BCUT2D eigenvalue weighted by atomic mass is 9.65. The zero-order valence-electron chi connectivity index (χ0n) is 13.1. The topological polar surface area (TPSA) is 26.0 Å². The summed E-state index contributed by atoms with van der Waals surface area (Å²) in [6, 6.07) is 11.1. The number of rotatable bonds is 5. The zero-order chi connectivity index (χ0) is 14.6. The first kappa shape index (κ1) is 15.9. The molecule has 0 radical (unpaired) electrons. The predicted octanol–water partition coefficient (Wildman–Crippen LogP) is 4.96. The van der Waals surface area contributed by atoms with Crippen molar-refractivity contribution >= 4 is 11.8 Å². The Morgan fingerprint density at radius 2 is 1.90 bits per heavy atom. The maximum absolute atomic E-state index is 6.43. The Morgan fingerprint density at radius 1 is 1.20 bits per heavy atom. The van der Waals surface area contributed by atoms with Crippen LogP contribution in [0, 0.1) is 17.3 Å². The lowest BCUT2D eigenvalue weighted by Gasteiger charge is -2.43. The minimum atomic E-state index is 0.362. The molecule has 2 N–H and O–H groups in total. The molecule has 0 amide bonds. The highest BCUT2D eigenvalue weighted by molar-refractivity contribution is 7.99. The number of thioether (sulfide) groups is 1. The van der Waals surface area contributed by atoms with Gasteiger partial charge in [-0.3, -0.25) is 0 Å². The van der Waals surface area contributed by atoms with Gasteiger partial charge in [0.05, 0.1) is 0 Å². The maximum Gasteiger partial charge on any atom is 0.00748 e. The van der Waals surface area contributed by atoms with Crippen LogP contribution in [-0.2, 0) is 0 Å². The highest BCUT2D eigenvalue weighted by Gasteiger charge is 2.36. The van der Waals surface area contributed by atoms with E-state index in [1.165, 1.54) is 36.3 Å². The van der Waals surface area contributed by atoms with E-state index in [4.69, 9.17) is 5.73 Å². The molecule has 20 heavy (non-hydrogen) atoms. The number of hydrogen-bond donors (Lipinski definition) is 1. The van der Waals surface area contributed by atoms with Crippen molar-refractivity contribution in [2.24, 2.45) is 23.0 Å². The fourth-order valence-electron chi connectivity index (χ4n) is 3.53. The van der Waals surface area contributed by atoms with Crippen molar-refractivity contribution in [2.45, 2.75) is 57.4 Å². The molecule has 1 nitrogen and oxygen atoms in total. The Kier molecular flexibility index (Phi) is 5.57. The molecular formula is C18H29NS. The SMILES string of the molecule is CC1CCC(C(C)(C)CCSc2ccccc2)C(N)C1. The molecule has 1 saturated carbocycles. The summed E-state index contributed by atoms with van der Waals surface area (Å²) in [5, 5.41) is 0. The van der Waals surface area contributed by atoms with Crippen molar-refractivity contribution in [3.05, 3.63) is 30.3 Å². The summed E-state index contributed by atoms with van der Waals surface area (Å²) in [7, 11) is 0. The van der Waals surface area contributed by atoms with Crippen LogP contribution in [0.15, 0.2) is 35.2 Å². The Bertz CT molecular complexity index is 401. The van der Waals surface area contributed by atoms with E-state index in [1.54, 1.807) is 0 Å². The minimum absolute atomic E-state index is 0.362. The third kappa shape index (κ3) is 4.26. The normalized spacial score (nSPS) is 27.5. The smallest absolute Gasteiger partial charge is 0.00748 e. The Balaban J connectivity index is 1.84. The standard InChI is InChI=1S/C18H29NS/c1-14-9-10-16(17(19)13-14)18(2,3)11-12-20-15-7-5-4-6-8-15/h4-8,14,16-17H,9-13,19H2,1-3H3. The van der Waals surface area contributed by atoms with Gasteiger partial charge in [0.25, 0.3) is 0 Å². The van der Waals surface area contributed by atoms with E-state index in [2.05, 4.69) is 51.1 Å². The van der Waals surface area contributed by atoms with E-state index >= 15 is 0 Å². The van der Waals surface area contributed by atoms with Crippen LogP contribution < -0.4 is 5.73 Å². The van der Waals surface area contributed by atoms with Gasteiger partial charge < -0.3 is 5.73 Å². The first-order chi connectivity index (χ1) is 9.49. The van der Waals surface area contributed by atoms with Crippen LogP contribution in [0.1, 0.15) is 46.5 Å². The van der Waals surface area contributed by atoms with Crippen molar-refractivity contribution in [3.63, 3.8) is 0 Å². The molecule has 0 aromatic heterocycles. The zero-order valence-corrected chi connectivity index (χ0v) is 14.0. The van der Waals surface area contributed by atoms with Gasteiger partial charge in [-0.15, -0.1) is 11.8 Å². The van der Waals surface area contributed by atoms with Crippen LogP contribution in [0.4, 0.5) is 0 Å². The quantitative estimate of drug-likeness (QED) is 0.776. The van der Waals surface area contributed by atoms with Crippen molar-refractivity contribution in [2.75, 3.05) is 5.75 Å². The molecule has 1 aromatic carbocycles. The molecule has 1 fully saturated rings. The molecule has 2 heteroatoms. The largest absolute Gasteiger partial charge is 0.327 e. The summed E-state index contributed by atoms with van der Waals surface area (Å²) in [5.41, 5.74) is 6.79. The van der Waals surface area contributed by atoms with Crippen molar-refractivity contribution in [1.82, 2.24) is 0 Å². The highest BCUT2D eigenvalue weighted by atomic mass is 32.2. The maximum atomic E-state index is 6.43. The first-order valence-corrected chi connectivity index (χ1v) is 8.91. The van der Waals surface area contributed by atoms with Gasteiger partial charge in [-0.2, -0.15) is 0 Å². The monoisotopic (exact) mass is 291 g/mol. The van der Waals surface area contributed by atoms with E-state index in [1.807, 2.05) is 11.8 Å². The molecule has 0 heterocycles. The minimum Gasteiger partial charge on any atom is -0.327 e. The molecule has 3 unspecified atom stereocenters. The van der Waals surface area contributed by atoms with Crippen LogP contribution in [0.3, 0.4) is 0 Å². The third-order valence-corrected chi connectivity index (χ3v) is 5.94. The first-order valence-electron chi connectivity index (χ1n) is 7.92. The van der Waals surface area contributed by atoms with Crippen molar-refractivity contribution in [3.8, 4) is 0 Å². The van der Waals surface area contributed by atoms with Crippen LogP contribution in [0.25, 0.3) is 0 Å². The van der Waals surface area contributed by atoms with Gasteiger partial charge in [0.1, 0.15) is 0 Å². The molecule has 0 spiro atoms. The number of benzene rings is 1. The van der Waals surface area contributed by atoms with Crippen LogP contribution in [0.5, 0.6) is 0 Å². The van der Waals surface area contributed by atoms with Crippen LogP contribution >= 0.6 is 11.8 Å². The lowest BCUT2D eigenvalue weighted by Crippen LogP contribution is -2.44. The molecule has 1 aromatic rings. The van der Waals surface area contributed by atoms with Crippen molar-refractivity contribution < 1.29 is 0 Å². The average Bonchev–Trinajstić information content (AvgIpc) is 2.39. The van der Waals surface area contributed by atoms with Gasteiger partial charge in [0.15, 0.2) is 0 Å². The summed E-state index contributed by atoms with van der Waals surface area (Å²) in [6.07, 6.45) is 5.12. The summed E-state index contributed by atoms with van der Waals surface area (Å²) >= 11 is 1.97. The van der Waals surface area contributed by atoms with E-state index in [-0.39, 0.29) is 0 Å². The summed E-state index contributed by atoms with van der Waals surface area (Å²) in [6.45, 7) is 7.17. The molecule has 0 aliphatic heterocycles.